The molecule has 0 saturated heterocycles. The third-order valence-electron chi connectivity index (χ3n) is 21.5. The minimum absolute atomic E-state index is 0.0983. The number of halogens is 3. The van der Waals surface area contributed by atoms with Gasteiger partial charge in [-0.1, -0.05) is 245 Å². The number of aryl methyl sites for hydroxylation is 1. The first-order valence-corrected chi connectivity index (χ1v) is 53.7. The van der Waals surface area contributed by atoms with Crippen LogP contribution in [-0.4, -0.2) is 104 Å². The Kier molecular flexibility index (Phi) is 40.0. The largest absolute Gasteiger partial charge is 0.491 e. The standard InChI is InChI=1S/C34H49ClN6O5S2.C32H45N7O6S2.C30H32Cl2N6O4S2/c1-6-7-8-9-10-11-12-13-14-15-22-44-30-21-20-28(23-29(30)40-48(43)45-27-18-16-26(35)17-19-27)46-47(42)39-25(2)33-37-36-32-24-31(34(3,4)5)38-41(32)33;1-7-8-9-10-11-12-19-43-30(40)33-23-15-13-17-25(20-23)44-46(41)37-24-16-14-18-26(21-24)45-47(42)38-32(5,6)29-35-34-28-22-27(31(2,3)4)36-39(28)29;1-17(2)24-16-26-33-34-29(38(26)35-24)27-22(31)12-13-23(28(27)32)37-44(40)42-25-15-19(10-11-21(25)30(4,5)6)36-43(39)41-20-9-7-8-18(3)14-20/h16-21,23-25,38-40H,6-15,22H2,1-5H3;13-18,20-22,36-38H,7-12,19H2,1-6H3,(H,33,40);7-17,35-37H,1-6H3. The Morgan fingerprint density at radius 1 is 0.432 bits per heavy atom. The van der Waals surface area contributed by atoms with Gasteiger partial charge in [0.2, 0.25) is 0 Å². The van der Waals surface area contributed by atoms with Crippen LogP contribution in [0, 0.1) is 6.92 Å². The second kappa shape index (κ2) is 51.2. The van der Waals surface area contributed by atoms with E-state index in [-0.39, 0.29) is 44.4 Å². The van der Waals surface area contributed by atoms with Crippen LogP contribution in [0.1, 0.15) is 265 Å². The lowest BCUT2D eigenvalue weighted by molar-refractivity contribution is 0.159. The number of rotatable bonds is 48. The molecule has 7 unspecified atom stereocenters. The van der Waals surface area contributed by atoms with Gasteiger partial charge in [0.05, 0.1) is 63.2 Å². The summed E-state index contributed by atoms with van der Waals surface area (Å²) in [5.41, 5.74) is 7.64. The number of aromatic amines is 3. The van der Waals surface area contributed by atoms with Crippen LogP contribution in [0.15, 0.2) is 164 Å². The molecule has 0 aliphatic heterocycles. The van der Waals surface area contributed by atoms with Crippen molar-refractivity contribution in [3.8, 4) is 51.6 Å². The molecule has 0 bridgehead atoms. The van der Waals surface area contributed by atoms with E-state index in [1.165, 1.54) is 70.6 Å². The molecule has 7 atom stereocenters. The molecule has 0 saturated carbocycles. The molecule has 13 rings (SSSR count). The van der Waals surface area contributed by atoms with Crippen molar-refractivity contribution in [3.63, 3.8) is 0 Å². The number of aromatic nitrogens is 12. The molecule has 0 fully saturated rings. The highest BCUT2D eigenvalue weighted by Crippen LogP contribution is 2.42. The first-order chi connectivity index (χ1) is 66.2. The predicted octanol–water partition coefficient (Wildman–Crippen LogP) is 23.4. The number of anilines is 5. The number of nitrogens with one attached hydrogen (secondary N) is 10. The number of H-pyrrole nitrogens is 3. The number of hydrogen-bond donors (Lipinski definition) is 10. The number of carbonyl (C=O) groups is 1. The molecule has 10 N–H and O–H groups in total. The van der Waals surface area contributed by atoms with Crippen LogP contribution in [0.2, 0.25) is 15.1 Å². The molecule has 139 heavy (non-hydrogen) atoms. The first kappa shape index (κ1) is 109. The minimum Gasteiger partial charge on any atom is -0.491 e. The number of hydrogen-bond acceptors (Lipinski definition) is 21. The van der Waals surface area contributed by atoms with Crippen molar-refractivity contribution in [2.45, 2.75) is 254 Å². The zero-order valence-electron chi connectivity index (χ0n) is 81.2. The van der Waals surface area contributed by atoms with Crippen LogP contribution in [0.3, 0.4) is 0 Å². The van der Waals surface area contributed by atoms with Gasteiger partial charge < -0.3 is 34.6 Å². The van der Waals surface area contributed by atoms with E-state index in [0.717, 1.165) is 60.3 Å². The summed E-state index contributed by atoms with van der Waals surface area (Å²) in [7, 11) is 0. The van der Waals surface area contributed by atoms with Crippen molar-refractivity contribution in [2.24, 2.45) is 0 Å². The van der Waals surface area contributed by atoms with Gasteiger partial charge in [-0.3, -0.25) is 39.5 Å². The zero-order chi connectivity index (χ0) is 100. The smallest absolute Gasteiger partial charge is 0.411 e. The van der Waals surface area contributed by atoms with E-state index in [2.05, 4.69) is 149 Å². The summed E-state index contributed by atoms with van der Waals surface area (Å²) < 4.78 is 145. The topological polar surface area (TPSA) is 415 Å². The van der Waals surface area contributed by atoms with Gasteiger partial charge in [-0.05, 0) is 148 Å². The number of amides is 1. The molecule has 0 radical (unpaired) electrons. The van der Waals surface area contributed by atoms with E-state index in [1.54, 1.807) is 141 Å². The Balaban J connectivity index is 0.000000200. The van der Waals surface area contributed by atoms with Crippen LogP contribution < -0.4 is 63.5 Å². The summed E-state index contributed by atoms with van der Waals surface area (Å²) in [5.74, 6) is 4.19. The third kappa shape index (κ3) is 33.0. The molecule has 1 amide bonds. The minimum atomic E-state index is -2.09. The molecule has 752 valence electrons. The van der Waals surface area contributed by atoms with Crippen molar-refractivity contribution in [2.75, 3.05) is 37.4 Å². The van der Waals surface area contributed by atoms with Gasteiger partial charge in [-0.2, -0.15) is 34.7 Å². The number of benzene rings is 7. The van der Waals surface area contributed by atoms with Crippen LogP contribution in [0.5, 0.6) is 40.2 Å². The molecular formula is C96H126Cl3N19O15S6. The summed E-state index contributed by atoms with van der Waals surface area (Å²) in [6.45, 7) is 35.4. The summed E-state index contributed by atoms with van der Waals surface area (Å²) in [6.07, 6.45) is 18.3. The molecule has 6 heterocycles. The van der Waals surface area contributed by atoms with Gasteiger partial charge in [0.15, 0.2) is 34.4 Å². The maximum atomic E-state index is 13.3. The Morgan fingerprint density at radius 2 is 0.935 bits per heavy atom. The Bertz CT molecular complexity index is 6390. The van der Waals surface area contributed by atoms with Gasteiger partial charge in [0.25, 0.3) is 22.5 Å². The third-order valence-corrected chi connectivity index (χ3v) is 27.3. The average molecular weight is 2080 g/mol. The van der Waals surface area contributed by atoms with Gasteiger partial charge in [0.1, 0.15) is 40.2 Å². The Hall–Kier alpha value is -10.7. The molecule has 43 heteroatoms. The number of ether oxygens (including phenoxy) is 2. The van der Waals surface area contributed by atoms with Crippen molar-refractivity contribution in [1.29, 1.82) is 0 Å². The monoisotopic (exact) mass is 2080 g/mol. The highest BCUT2D eigenvalue weighted by Gasteiger charge is 2.33. The lowest BCUT2D eigenvalue weighted by Gasteiger charge is -2.23. The summed E-state index contributed by atoms with van der Waals surface area (Å²) in [6, 6.07) is 45.5. The van der Waals surface area contributed by atoms with Crippen LogP contribution >= 0.6 is 34.8 Å². The van der Waals surface area contributed by atoms with Gasteiger partial charge in [0, 0.05) is 86.6 Å². The maximum absolute atomic E-state index is 13.3. The number of carbonyl (C=O) groups excluding carboxylic acids is 1. The van der Waals surface area contributed by atoms with Crippen molar-refractivity contribution in [3.05, 3.63) is 219 Å². The zero-order valence-corrected chi connectivity index (χ0v) is 88.4. The van der Waals surface area contributed by atoms with E-state index < -0.39 is 85.3 Å². The lowest BCUT2D eigenvalue weighted by Crippen LogP contribution is -2.41. The summed E-state index contributed by atoms with van der Waals surface area (Å²) in [5, 5.41) is 39.2. The molecular weight excluding hydrogens is 1960 g/mol. The average Bonchev–Trinajstić information content (AvgIpc) is 1.62. The highest BCUT2D eigenvalue weighted by atomic mass is 35.5. The second-order valence-corrected chi connectivity index (χ2v) is 43.4. The molecule has 0 spiro atoms. The van der Waals surface area contributed by atoms with Crippen molar-refractivity contribution in [1.82, 2.24) is 68.9 Å². The van der Waals surface area contributed by atoms with E-state index in [0.29, 0.717) is 115 Å². The van der Waals surface area contributed by atoms with Crippen LogP contribution in [-0.2, 0) is 94.1 Å². The second-order valence-electron chi connectivity index (χ2n) is 37.1. The molecule has 13 aromatic rings. The van der Waals surface area contributed by atoms with E-state index >= 15 is 0 Å². The fourth-order valence-corrected chi connectivity index (χ4v) is 19.0. The number of unbranched alkanes of at least 4 members (excludes halogenated alkanes) is 14. The Labute approximate surface area is 843 Å². The Morgan fingerprint density at radius 3 is 1.55 bits per heavy atom. The van der Waals surface area contributed by atoms with E-state index in [4.69, 9.17) is 69.4 Å². The quantitative estimate of drug-likeness (QED) is 0.0158. The highest BCUT2D eigenvalue weighted by molar-refractivity contribution is 7.82. The van der Waals surface area contributed by atoms with Gasteiger partial charge >= 0.3 is 51.2 Å². The molecule has 0 aliphatic rings. The van der Waals surface area contributed by atoms with Crippen molar-refractivity contribution < 1.29 is 64.6 Å². The summed E-state index contributed by atoms with van der Waals surface area (Å²) in [4.78, 5) is 12.2. The van der Waals surface area contributed by atoms with Crippen molar-refractivity contribution >= 4 is 154 Å². The lowest BCUT2D eigenvalue weighted by atomic mass is 9.86. The van der Waals surface area contributed by atoms with Gasteiger partial charge in [-0.25, -0.2) is 18.3 Å². The van der Waals surface area contributed by atoms with Gasteiger partial charge in [-0.15, -0.1) is 30.6 Å². The fraction of sp³-hybridized carbons (Fsp3) is 0.427. The van der Waals surface area contributed by atoms with E-state index in [1.807, 2.05) is 84.9 Å². The molecule has 7 aromatic carbocycles. The molecule has 0 aliphatic carbocycles. The number of nitrogens with zero attached hydrogens (tertiary/aromatic N) is 9. The maximum Gasteiger partial charge on any atom is 0.411 e. The van der Waals surface area contributed by atoms with Crippen LogP contribution in [0.25, 0.3) is 28.3 Å². The predicted molar refractivity (Wildman–Crippen MR) is 557 cm³/mol. The SMILES string of the molecule is CCCCCCCCCCCCOc1ccc(OS(=O)NC(C)c2nnc3cc(C(C)(C)C)[nH]n23)cc1NS(=O)Oc1ccc(Cl)cc1.CCCCCCCCOC(=O)Nc1cccc(OS(=O)Nc2cccc(OS(=O)NC(C)(C)c3nnc4cc(C(C)(C)C)[nH]n34)c2)c1.Cc1cccc(OS(=O)Nc2ccc(C(C)(C)C)c(OS(=O)Nc3ccc(Cl)c(-c4nnc5cc(C(C)C)[nH]n45)c3Cl)c2)c1. The number of fused-ring (bicyclic) bond motifs is 3. The molecule has 34 nitrogen and oxygen atoms in total. The first-order valence-electron chi connectivity index (χ1n) is 46.1. The normalized spacial score (nSPS) is 13.4. The van der Waals surface area contributed by atoms with E-state index in [9.17, 15) is 30.0 Å². The fourth-order valence-electron chi connectivity index (χ4n) is 14.0. The summed E-state index contributed by atoms with van der Waals surface area (Å²) >= 11 is 7.47. The molecule has 6 aromatic heterocycles. The van der Waals surface area contributed by atoms with Crippen LogP contribution in [0.4, 0.5) is 33.2 Å².